The Labute approximate surface area is 115 Å². The molecule has 0 aliphatic carbocycles. The highest BCUT2D eigenvalue weighted by Gasteiger charge is 2.09. The number of furan rings is 1. The van der Waals surface area contributed by atoms with Crippen molar-refractivity contribution in [1.29, 1.82) is 0 Å². The van der Waals surface area contributed by atoms with E-state index in [9.17, 15) is 0 Å². The van der Waals surface area contributed by atoms with Crippen molar-refractivity contribution in [3.63, 3.8) is 0 Å². The van der Waals surface area contributed by atoms with Gasteiger partial charge >= 0.3 is 0 Å². The van der Waals surface area contributed by atoms with Crippen LogP contribution in [0.5, 0.6) is 5.75 Å². The molecule has 0 unspecified atom stereocenters. The van der Waals surface area contributed by atoms with E-state index in [0.29, 0.717) is 34.7 Å². The summed E-state index contributed by atoms with van der Waals surface area (Å²) in [4.78, 5) is 0. The molecule has 18 heavy (non-hydrogen) atoms. The first kappa shape index (κ1) is 13.3. The van der Waals surface area contributed by atoms with Gasteiger partial charge in [0.1, 0.15) is 28.9 Å². The van der Waals surface area contributed by atoms with Crippen molar-refractivity contribution in [3.05, 3.63) is 51.4 Å². The van der Waals surface area contributed by atoms with Gasteiger partial charge in [0.2, 0.25) is 0 Å². The molecule has 1 aromatic heterocycles. The van der Waals surface area contributed by atoms with Gasteiger partial charge in [0.05, 0.1) is 11.6 Å². The lowest BCUT2D eigenvalue weighted by molar-refractivity contribution is 0.266. The topological polar surface area (TPSA) is 48.4 Å². The first-order valence-electron chi connectivity index (χ1n) is 5.47. The Balaban J connectivity index is 2.09. The second-order valence-electron chi connectivity index (χ2n) is 3.86. The molecule has 2 rings (SSSR count). The largest absolute Gasteiger partial charge is 0.484 e. The molecule has 0 bridgehead atoms. The lowest BCUT2D eigenvalue weighted by Gasteiger charge is -2.07. The number of hydrogen-bond donors (Lipinski definition) is 1. The highest BCUT2D eigenvalue weighted by Crippen LogP contribution is 2.32. The minimum Gasteiger partial charge on any atom is -0.484 e. The highest BCUT2D eigenvalue weighted by atomic mass is 35.5. The van der Waals surface area contributed by atoms with Crippen molar-refractivity contribution < 1.29 is 9.15 Å². The lowest BCUT2D eigenvalue weighted by atomic mass is 10.2. The molecule has 0 saturated heterocycles. The fourth-order valence-electron chi connectivity index (χ4n) is 1.61. The Morgan fingerprint density at radius 1 is 1.33 bits per heavy atom. The highest BCUT2D eigenvalue weighted by molar-refractivity contribution is 6.42. The van der Waals surface area contributed by atoms with Crippen LogP contribution >= 0.6 is 23.2 Å². The van der Waals surface area contributed by atoms with Crippen molar-refractivity contribution in [3.8, 4) is 5.75 Å². The number of nitrogens with two attached hydrogens (primary N) is 1. The third-order valence-electron chi connectivity index (χ3n) is 2.54. The quantitative estimate of drug-likeness (QED) is 0.926. The minimum absolute atomic E-state index is 0.293. The molecular formula is C13H13Cl2NO2. The molecule has 96 valence electrons. The van der Waals surface area contributed by atoms with Gasteiger partial charge in [0.15, 0.2) is 0 Å². The second kappa shape index (κ2) is 5.65. The van der Waals surface area contributed by atoms with E-state index < -0.39 is 0 Å². The first-order chi connectivity index (χ1) is 8.61. The SMILES string of the molecule is Cc1cc(COc2cccc(Cl)c2Cl)oc1CN. The van der Waals surface area contributed by atoms with Gasteiger partial charge in [0, 0.05) is 0 Å². The molecule has 2 aromatic rings. The summed E-state index contributed by atoms with van der Waals surface area (Å²) >= 11 is 11.9. The van der Waals surface area contributed by atoms with Crippen molar-refractivity contribution in [2.24, 2.45) is 5.73 Å². The predicted octanol–water partition coefficient (Wildman–Crippen LogP) is 3.93. The number of halogens is 2. The van der Waals surface area contributed by atoms with Crippen LogP contribution in [0.2, 0.25) is 10.0 Å². The molecule has 0 aliphatic heterocycles. The number of rotatable bonds is 4. The van der Waals surface area contributed by atoms with Gasteiger partial charge in [-0.15, -0.1) is 0 Å². The molecule has 0 fully saturated rings. The summed E-state index contributed by atoms with van der Waals surface area (Å²) in [6, 6.07) is 7.15. The Bertz CT molecular complexity index is 552. The maximum Gasteiger partial charge on any atom is 0.146 e. The summed E-state index contributed by atoms with van der Waals surface area (Å²) in [5.74, 6) is 2.02. The van der Waals surface area contributed by atoms with E-state index in [2.05, 4.69) is 0 Å². The molecule has 0 atom stereocenters. The third-order valence-corrected chi connectivity index (χ3v) is 3.34. The van der Waals surface area contributed by atoms with Crippen LogP contribution in [0.1, 0.15) is 17.1 Å². The van der Waals surface area contributed by atoms with Crippen molar-refractivity contribution in [2.75, 3.05) is 0 Å². The first-order valence-corrected chi connectivity index (χ1v) is 6.22. The molecule has 2 N–H and O–H groups in total. The molecule has 0 aliphatic rings. The van der Waals surface area contributed by atoms with Gasteiger partial charge < -0.3 is 14.9 Å². The second-order valence-corrected chi connectivity index (χ2v) is 4.65. The molecule has 3 nitrogen and oxygen atoms in total. The van der Waals surface area contributed by atoms with E-state index in [1.165, 1.54) is 0 Å². The van der Waals surface area contributed by atoms with Crippen molar-refractivity contribution in [1.82, 2.24) is 0 Å². The van der Waals surface area contributed by atoms with Crippen molar-refractivity contribution in [2.45, 2.75) is 20.1 Å². The Morgan fingerprint density at radius 2 is 2.11 bits per heavy atom. The van der Waals surface area contributed by atoms with Crippen LogP contribution < -0.4 is 10.5 Å². The molecule has 1 aromatic carbocycles. The average molecular weight is 286 g/mol. The monoisotopic (exact) mass is 285 g/mol. The van der Waals surface area contributed by atoms with E-state index in [1.54, 1.807) is 18.2 Å². The fraction of sp³-hybridized carbons (Fsp3) is 0.231. The maximum absolute atomic E-state index is 6.02. The smallest absolute Gasteiger partial charge is 0.146 e. The molecule has 5 heteroatoms. The Kier molecular flexibility index (Phi) is 4.17. The molecule has 1 heterocycles. The van der Waals surface area contributed by atoms with Crippen LogP contribution in [0.25, 0.3) is 0 Å². The lowest BCUT2D eigenvalue weighted by Crippen LogP contribution is -1.96. The zero-order valence-electron chi connectivity index (χ0n) is 9.87. The number of hydrogen-bond acceptors (Lipinski definition) is 3. The van der Waals surface area contributed by atoms with Gasteiger partial charge in [-0.05, 0) is 30.7 Å². The van der Waals surface area contributed by atoms with Crippen LogP contribution in [0, 0.1) is 6.92 Å². The van der Waals surface area contributed by atoms with Gasteiger partial charge in [-0.1, -0.05) is 29.3 Å². The number of aryl methyl sites for hydroxylation is 1. The van der Waals surface area contributed by atoms with Gasteiger partial charge in [0.25, 0.3) is 0 Å². The Hall–Kier alpha value is -1.16. The Morgan fingerprint density at radius 3 is 2.78 bits per heavy atom. The van der Waals surface area contributed by atoms with Crippen LogP contribution in [-0.4, -0.2) is 0 Å². The van der Waals surface area contributed by atoms with E-state index in [4.69, 9.17) is 38.1 Å². The van der Waals surface area contributed by atoms with E-state index in [-0.39, 0.29) is 0 Å². The standard InChI is InChI=1S/C13H13Cl2NO2/c1-8-5-9(18-12(8)6-16)7-17-11-4-2-3-10(14)13(11)15/h2-5H,6-7,16H2,1H3. The summed E-state index contributed by atoms with van der Waals surface area (Å²) in [6.07, 6.45) is 0. The summed E-state index contributed by atoms with van der Waals surface area (Å²) in [5.41, 5.74) is 6.56. The van der Waals surface area contributed by atoms with Crippen molar-refractivity contribution >= 4 is 23.2 Å². The summed E-state index contributed by atoms with van der Waals surface area (Å²) in [7, 11) is 0. The average Bonchev–Trinajstić information content (AvgIpc) is 2.72. The van der Waals surface area contributed by atoms with Gasteiger partial charge in [-0.2, -0.15) is 0 Å². The maximum atomic E-state index is 6.02. The van der Waals surface area contributed by atoms with E-state index in [0.717, 1.165) is 11.3 Å². The third kappa shape index (κ3) is 2.80. The summed E-state index contributed by atoms with van der Waals surface area (Å²) in [5, 5.41) is 0.869. The molecule has 0 radical (unpaired) electrons. The molecular weight excluding hydrogens is 273 g/mol. The predicted molar refractivity (Wildman–Crippen MR) is 72.1 cm³/mol. The van der Waals surface area contributed by atoms with E-state index in [1.807, 2.05) is 13.0 Å². The van der Waals surface area contributed by atoms with Gasteiger partial charge in [-0.25, -0.2) is 0 Å². The zero-order chi connectivity index (χ0) is 13.1. The fourth-order valence-corrected chi connectivity index (χ4v) is 1.95. The van der Waals surface area contributed by atoms with Crippen LogP contribution in [-0.2, 0) is 13.2 Å². The van der Waals surface area contributed by atoms with E-state index >= 15 is 0 Å². The molecule has 0 spiro atoms. The van der Waals surface area contributed by atoms with Gasteiger partial charge in [-0.3, -0.25) is 0 Å². The molecule has 0 amide bonds. The summed E-state index contributed by atoms with van der Waals surface area (Å²) in [6.45, 7) is 2.62. The number of ether oxygens (including phenoxy) is 1. The normalized spacial score (nSPS) is 10.7. The van der Waals surface area contributed by atoms with Crippen LogP contribution in [0.3, 0.4) is 0 Å². The van der Waals surface area contributed by atoms with Crippen LogP contribution in [0.4, 0.5) is 0 Å². The minimum atomic E-state index is 0.293. The van der Waals surface area contributed by atoms with Crippen LogP contribution in [0.15, 0.2) is 28.7 Å². The molecule has 0 saturated carbocycles. The summed E-state index contributed by atoms with van der Waals surface area (Å²) < 4.78 is 11.1. The zero-order valence-corrected chi connectivity index (χ0v) is 11.4. The number of benzene rings is 1.